The monoisotopic (exact) mass is 538 g/mol. The number of carbonyl (C=O) groups is 4. The highest BCUT2D eigenvalue weighted by Crippen LogP contribution is 2.19. The lowest BCUT2D eigenvalue weighted by atomic mass is 10.0. The highest BCUT2D eigenvalue weighted by molar-refractivity contribution is 7.80. The van der Waals surface area contributed by atoms with E-state index in [1.54, 1.807) is 6.20 Å². The third kappa shape index (κ3) is 8.43. The van der Waals surface area contributed by atoms with Gasteiger partial charge < -0.3 is 37.5 Å². The number of nitrogens with two attached hydrogens (primary N) is 2. The zero-order chi connectivity index (χ0) is 26.7. The minimum atomic E-state index is -1.24. The fourth-order valence-electron chi connectivity index (χ4n) is 3.58. The van der Waals surface area contributed by atoms with Crippen molar-refractivity contribution >= 4 is 59.9 Å². The average molecular weight is 539 g/mol. The first kappa shape index (κ1) is 29.5. The summed E-state index contributed by atoms with van der Waals surface area (Å²) in [6, 6.07) is 3.29. The summed E-state index contributed by atoms with van der Waals surface area (Å²) in [5.41, 5.74) is 13.0. The summed E-state index contributed by atoms with van der Waals surface area (Å²) < 4.78 is 0. The van der Waals surface area contributed by atoms with Gasteiger partial charge in [0, 0.05) is 35.0 Å². The number of unbranched alkanes of at least 4 members (excludes halogenated alkanes) is 1. The Kier molecular flexibility index (Phi) is 12.1. The van der Waals surface area contributed by atoms with Gasteiger partial charge in [-0.2, -0.15) is 25.3 Å². The van der Waals surface area contributed by atoms with Crippen LogP contribution >= 0.6 is 25.3 Å². The van der Waals surface area contributed by atoms with Crippen LogP contribution in [0.15, 0.2) is 30.5 Å². The van der Waals surface area contributed by atoms with E-state index in [0.717, 1.165) is 16.5 Å². The SMILES string of the molecule is NCCCCC(NC(=O)C(Cc1c[nH]c2ccccc12)NC(=O)C(N)CS)C(=O)NC(CS)C(=O)O. The molecular formula is C23H34N6O5S2. The maximum absolute atomic E-state index is 13.4. The summed E-state index contributed by atoms with van der Waals surface area (Å²) in [6.45, 7) is 0.400. The first-order chi connectivity index (χ1) is 17.2. The second-order valence-corrected chi connectivity index (χ2v) is 9.07. The normalized spacial score (nSPS) is 14.4. The van der Waals surface area contributed by atoms with E-state index in [9.17, 15) is 24.3 Å². The molecule has 11 nitrogen and oxygen atoms in total. The predicted octanol–water partition coefficient (Wildman–Crippen LogP) is -0.435. The molecule has 2 rings (SSSR count). The zero-order valence-electron chi connectivity index (χ0n) is 19.8. The molecular weight excluding hydrogens is 504 g/mol. The number of aliphatic carboxylic acids is 1. The summed E-state index contributed by atoms with van der Waals surface area (Å²) >= 11 is 8.01. The highest BCUT2D eigenvalue weighted by atomic mass is 32.1. The van der Waals surface area contributed by atoms with Crippen LogP contribution in [-0.4, -0.2) is 76.0 Å². The zero-order valence-corrected chi connectivity index (χ0v) is 21.6. The molecule has 0 bridgehead atoms. The molecule has 3 amide bonds. The van der Waals surface area contributed by atoms with Gasteiger partial charge in [-0.25, -0.2) is 4.79 Å². The van der Waals surface area contributed by atoms with Crippen molar-refractivity contribution in [3.63, 3.8) is 0 Å². The Morgan fingerprint density at radius 1 is 0.917 bits per heavy atom. The van der Waals surface area contributed by atoms with Gasteiger partial charge in [-0.1, -0.05) is 18.2 Å². The fourth-order valence-corrected chi connectivity index (χ4v) is 4.00. The summed E-state index contributed by atoms with van der Waals surface area (Å²) in [5, 5.41) is 17.9. The summed E-state index contributed by atoms with van der Waals surface area (Å²) in [6.07, 6.45) is 3.26. The molecule has 1 aromatic heterocycles. The van der Waals surface area contributed by atoms with E-state index in [1.165, 1.54) is 0 Å². The highest BCUT2D eigenvalue weighted by Gasteiger charge is 2.30. The molecule has 36 heavy (non-hydrogen) atoms. The molecule has 2 aromatic rings. The Bertz CT molecular complexity index is 1050. The Morgan fingerprint density at radius 3 is 2.19 bits per heavy atom. The Labute approximate surface area is 220 Å². The van der Waals surface area contributed by atoms with Gasteiger partial charge in [-0.3, -0.25) is 14.4 Å². The van der Waals surface area contributed by atoms with Crippen molar-refractivity contribution in [3.8, 4) is 0 Å². The number of carboxylic acids is 1. The lowest BCUT2D eigenvalue weighted by Gasteiger charge is -2.25. The Hall–Kier alpha value is -2.74. The molecule has 0 aliphatic carbocycles. The molecule has 1 heterocycles. The van der Waals surface area contributed by atoms with Crippen molar-refractivity contribution in [2.24, 2.45) is 11.5 Å². The second kappa shape index (κ2) is 14.7. The van der Waals surface area contributed by atoms with E-state index in [2.05, 4.69) is 46.2 Å². The summed E-state index contributed by atoms with van der Waals surface area (Å²) in [4.78, 5) is 53.2. The molecule has 0 fully saturated rings. The largest absolute Gasteiger partial charge is 0.480 e. The Morgan fingerprint density at radius 2 is 1.56 bits per heavy atom. The molecule has 0 saturated carbocycles. The molecule has 198 valence electrons. The van der Waals surface area contributed by atoms with Gasteiger partial charge in [-0.15, -0.1) is 0 Å². The number of H-pyrrole nitrogens is 1. The van der Waals surface area contributed by atoms with Crippen molar-refractivity contribution in [1.29, 1.82) is 0 Å². The van der Waals surface area contributed by atoms with Gasteiger partial charge in [0.15, 0.2) is 0 Å². The molecule has 0 spiro atoms. The Balaban J connectivity index is 2.26. The lowest BCUT2D eigenvalue weighted by Crippen LogP contribution is -2.58. The molecule has 0 aliphatic rings. The molecule has 0 radical (unpaired) electrons. The van der Waals surface area contributed by atoms with E-state index in [1.807, 2.05) is 24.3 Å². The summed E-state index contributed by atoms with van der Waals surface area (Å²) in [7, 11) is 0. The van der Waals surface area contributed by atoms with Crippen LogP contribution in [0.25, 0.3) is 10.9 Å². The predicted molar refractivity (Wildman–Crippen MR) is 144 cm³/mol. The van der Waals surface area contributed by atoms with Crippen molar-refractivity contribution in [2.45, 2.75) is 49.9 Å². The van der Waals surface area contributed by atoms with E-state index in [-0.39, 0.29) is 24.3 Å². The first-order valence-electron chi connectivity index (χ1n) is 11.6. The summed E-state index contributed by atoms with van der Waals surface area (Å²) in [5.74, 6) is -3.11. The maximum Gasteiger partial charge on any atom is 0.327 e. The number of para-hydroxylation sites is 1. The number of thiol groups is 2. The van der Waals surface area contributed by atoms with Gasteiger partial charge >= 0.3 is 5.97 Å². The van der Waals surface area contributed by atoms with Crippen LogP contribution in [0.3, 0.4) is 0 Å². The number of amides is 3. The van der Waals surface area contributed by atoms with Crippen molar-refractivity contribution < 1.29 is 24.3 Å². The van der Waals surface area contributed by atoms with Gasteiger partial charge in [0.05, 0.1) is 6.04 Å². The number of hydrogen-bond donors (Lipinski definition) is 9. The first-order valence-corrected chi connectivity index (χ1v) is 12.8. The molecule has 0 aliphatic heterocycles. The quantitative estimate of drug-likeness (QED) is 0.108. The topological polar surface area (TPSA) is 192 Å². The standard InChI is InChI=1S/C23H34N6O5S2/c24-8-4-3-7-17(21(31)29-19(12-36)23(33)34)27-22(32)18(28-20(30)15(25)11-35)9-13-10-26-16-6-2-1-5-14(13)16/h1-2,5-6,10,15,17-19,26,35-36H,3-4,7-9,11-12,24-25H2,(H,27,32)(H,28,30)(H,29,31)(H,33,34). The van der Waals surface area contributed by atoms with Crippen molar-refractivity contribution in [1.82, 2.24) is 20.9 Å². The van der Waals surface area contributed by atoms with E-state index in [0.29, 0.717) is 19.4 Å². The van der Waals surface area contributed by atoms with Crippen LogP contribution in [0.5, 0.6) is 0 Å². The number of benzene rings is 1. The maximum atomic E-state index is 13.4. The number of carboxylic acid groups (broad SMARTS) is 1. The molecule has 0 saturated heterocycles. The van der Waals surface area contributed by atoms with Gasteiger partial charge in [-0.05, 0) is 37.4 Å². The number of nitrogens with one attached hydrogen (secondary N) is 4. The lowest BCUT2D eigenvalue weighted by molar-refractivity contribution is -0.141. The van der Waals surface area contributed by atoms with Gasteiger partial charge in [0.1, 0.15) is 18.1 Å². The van der Waals surface area contributed by atoms with Gasteiger partial charge in [0.25, 0.3) is 0 Å². The van der Waals surface area contributed by atoms with E-state index in [4.69, 9.17) is 11.5 Å². The fraction of sp³-hybridized carbons (Fsp3) is 0.478. The van der Waals surface area contributed by atoms with E-state index < -0.39 is 47.9 Å². The number of carbonyl (C=O) groups excluding carboxylic acids is 3. The molecule has 9 N–H and O–H groups in total. The average Bonchev–Trinajstić information content (AvgIpc) is 3.28. The van der Waals surface area contributed by atoms with Crippen LogP contribution in [0.4, 0.5) is 0 Å². The van der Waals surface area contributed by atoms with Crippen LogP contribution in [0.1, 0.15) is 24.8 Å². The smallest absolute Gasteiger partial charge is 0.327 e. The van der Waals surface area contributed by atoms with Crippen molar-refractivity contribution in [3.05, 3.63) is 36.0 Å². The molecule has 4 atom stereocenters. The van der Waals surface area contributed by atoms with Crippen LogP contribution in [-0.2, 0) is 25.6 Å². The minimum absolute atomic E-state index is 0.0810. The van der Waals surface area contributed by atoms with Crippen molar-refractivity contribution in [2.75, 3.05) is 18.1 Å². The third-order valence-corrected chi connectivity index (χ3v) is 6.40. The number of rotatable bonds is 15. The van der Waals surface area contributed by atoms with Gasteiger partial charge in [0.2, 0.25) is 17.7 Å². The number of fused-ring (bicyclic) bond motifs is 1. The number of hydrogen-bond acceptors (Lipinski definition) is 8. The second-order valence-electron chi connectivity index (χ2n) is 8.34. The minimum Gasteiger partial charge on any atom is -0.480 e. The molecule has 13 heteroatoms. The third-order valence-electron chi connectivity index (χ3n) is 5.64. The van der Waals surface area contributed by atoms with Crippen LogP contribution in [0.2, 0.25) is 0 Å². The number of aromatic amines is 1. The van der Waals surface area contributed by atoms with Crippen LogP contribution < -0.4 is 27.4 Å². The van der Waals surface area contributed by atoms with Crippen LogP contribution in [0, 0.1) is 0 Å². The van der Waals surface area contributed by atoms with E-state index >= 15 is 0 Å². The number of aromatic nitrogens is 1. The molecule has 1 aromatic carbocycles. The molecule has 4 unspecified atom stereocenters.